The maximum Gasteiger partial charge on any atom is 0.272 e. The lowest BCUT2D eigenvalue weighted by molar-refractivity contribution is -0.0208. The Balaban J connectivity index is 1.45. The molecule has 7 heteroatoms. The van der Waals surface area contributed by atoms with Gasteiger partial charge in [-0.1, -0.05) is 24.3 Å². The average Bonchev–Trinajstić information content (AvgIpc) is 2.75. The van der Waals surface area contributed by atoms with Crippen molar-refractivity contribution >= 4 is 16.7 Å². The molecule has 1 aliphatic rings. The minimum atomic E-state index is -0.886. The molecule has 1 aromatic heterocycles. The van der Waals surface area contributed by atoms with E-state index in [1.54, 1.807) is 17.2 Å². The third kappa shape index (κ3) is 4.00. The number of nitrogens with zero attached hydrogens (tertiary/aromatic N) is 2. The van der Waals surface area contributed by atoms with Gasteiger partial charge in [-0.05, 0) is 23.6 Å². The summed E-state index contributed by atoms with van der Waals surface area (Å²) in [4.78, 5) is 18.7. The molecule has 1 amide bonds. The first-order valence-electron chi connectivity index (χ1n) is 9.37. The normalized spacial score (nSPS) is 19.2. The largest absolute Gasteiger partial charge is 0.493 e. The summed E-state index contributed by atoms with van der Waals surface area (Å²) >= 11 is 0. The number of fused-ring (bicyclic) bond motifs is 1. The van der Waals surface area contributed by atoms with Gasteiger partial charge in [0, 0.05) is 30.6 Å². The van der Waals surface area contributed by atoms with Gasteiger partial charge in [0.2, 0.25) is 0 Å². The molecule has 0 aliphatic carbocycles. The molecule has 0 saturated carbocycles. The van der Waals surface area contributed by atoms with Crippen LogP contribution in [0, 0.1) is 5.82 Å². The standard InChI is InChI=1S/C22H21FN2O4/c1-28-21-11-16(23)6-7-20(21)29-19-8-9-25(13-18(19)26)22(27)17-10-14-4-2-3-5-15(14)12-24-17/h2-7,10-12,18-19,26H,8-9,13H2,1H3/t18-,19-/m1/s1. The van der Waals surface area contributed by atoms with Crippen LogP contribution in [0.5, 0.6) is 11.5 Å². The van der Waals surface area contributed by atoms with E-state index in [0.29, 0.717) is 24.4 Å². The summed E-state index contributed by atoms with van der Waals surface area (Å²) in [7, 11) is 1.43. The molecule has 0 bridgehead atoms. The van der Waals surface area contributed by atoms with Crippen molar-refractivity contribution in [3.05, 3.63) is 66.2 Å². The molecule has 29 heavy (non-hydrogen) atoms. The molecule has 1 aliphatic heterocycles. The predicted molar refractivity (Wildman–Crippen MR) is 106 cm³/mol. The van der Waals surface area contributed by atoms with Gasteiger partial charge in [-0.3, -0.25) is 9.78 Å². The van der Waals surface area contributed by atoms with Crippen LogP contribution in [0.25, 0.3) is 10.8 Å². The number of piperidine rings is 1. The summed E-state index contributed by atoms with van der Waals surface area (Å²) in [6.07, 6.45) is 0.697. The monoisotopic (exact) mass is 396 g/mol. The molecule has 3 aromatic rings. The summed E-state index contributed by atoms with van der Waals surface area (Å²) in [5.41, 5.74) is 0.343. The van der Waals surface area contributed by atoms with Crippen molar-refractivity contribution in [2.45, 2.75) is 18.6 Å². The van der Waals surface area contributed by atoms with Crippen molar-refractivity contribution in [2.24, 2.45) is 0 Å². The summed E-state index contributed by atoms with van der Waals surface area (Å²) in [6.45, 7) is 0.542. The van der Waals surface area contributed by atoms with E-state index in [2.05, 4.69) is 4.98 Å². The Hall–Kier alpha value is -3.19. The van der Waals surface area contributed by atoms with Crippen molar-refractivity contribution in [2.75, 3.05) is 20.2 Å². The number of amides is 1. The highest BCUT2D eigenvalue weighted by Gasteiger charge is 2.33. The third-order valence-electron chi connectivity index (χ3n) is 5.06. The van der Waals surface area contributed by atoms with Crippen molar-refractivity contribution in [3.8, 4) is 11.5 Å². The topological polar surface area (TPSA) is 71.9 Å². The zero-order valence-corrected chi connectivity index (χ0v) is 15.9. The molecule has 2 heterocycles. The summed E-state index contributed by atoms with van der Waals surface area (Å²) in [5.74, 6) is -0.0457. The molecule has 150 valence electrons. The van der Waals surface area contributed by atoms with Gasteiger partial charge in [0.1, 0.15) is 23.7 Å². The van der Waals surface area contributed by atoms with E-state index in [0.717, 1.165) is 10.8 Å². The first-order chi connectivity index (χ1) is 14.0. The Morgan fingerprint density at radius 1 is 1.17 bits per heavy atom. The van der Waals surface area contributed by atoms with Crippen molar-refractivity contribution in [1.29, 1.82) is 0 Å². The number of β-amino-alcohol motifs (C(OH)–C–C–N with tert-alkyl or cyclic N) is 1. The molecule has 1 fully saturated rings. The van der Waals surface area contributed by atoms with Crippen LogP contribution in [0.3, 0.4) is 0 Å². The Morgan fingerprint density at radius 2 is 1.97 bits per heavy atom. The number of carbonyl (C=O) groups is 1. The van der Waals surface area contributed by atoms with Crippen LogP contribution in [0.4, 0.5) is 4.39 Å². The fourth-order valence-electron chi connectivity index (χ4n) is 3.50. The minimum Gasteiger partial charge on any atom is -0.493 e. The number of ether oxygens (including phenoxy) is 2. The van der Waals surface area contributed by atoms with E-state index in [4.69, 9.17) is 9.47 Å². The Labute approximate surface area is 167 Å². The Bertz CT molecular complexity index is 1040. The zero-order chi connectivity index (χ0) is 20.4. The number of carbonyl (C=O) groups excluding carboxylic acids is 1. The van der Waals surface area contributed by atoms with Gasteiger partial charge >= 0.3 is 0 Å². The highest BCUT2D eigenvalue weighted by atomic mass is 19.1. The van der Waals surface area contributed by atoms with Gasteiger partial charge in [0.25, 0.3) is 5.91 Å². The van der Waals surface area contributed by atoms with Gasteiger partial charge in [-0.2, -0.15) is 0 Å². The second-order valence-electron chi connectivity index (χ2n) is 6.98. The van der Waals surface area contributed by atoms with Gasteiger partial charge in [-0.25, -0.2) is 4.39 Å². The number of benzene rings is 2. The fraction of sp³-hybridized carbons (Fsp3) is 0.273. The van der Waals surface area contributed by atoms with Crippen LogP contribution in [-0.4, -0.2) is 53.3 Å². The number of methoxy groups -OCH3 is 1. The molecule has 1 N–H and O–H groups in total. The zero-order valence-electron chi connectivity index (χ0n) is 15.9. The number of hydrogen-bond acceptors (Lipinski definition) is 5. The highest BCUT2D eigenvalue weighted by Crippen LogP contribution is 2.30. The molecule has 0 unspecified atom stereocenters. The van der Waals surface area contributed by atoms with E-state index in [-0.39, 0.29) is 18.2 Å². The number of aliphatic hydroxyl groups excluding tert-OH is 1. The van der Waals surface area contributed by atoms with Gasteiger partial charge in [0.15, 0.2) is 11.5 Å². The summed E-state index contributed by atoms with van der Waals surface area (Å²) in [6, 6.07) is 13.4. The van der Waals surface area contributed by atoms with E-state index in [1.807, 2.05) is 24.3 Å². The quantitative estimate of drug-likeness (QED) is 0.734. The lowest BCUT2D eigenvalue weighted by atomic mass is 10.0. The molecular weight excluding hydrogens is 375 g/mol. The second-order valence-corrected chi connectivity index (χ2v) is 6.98. The molecule has 0 radical (unpaired) electrons. The van der Waals surface area contributed by atoms with Crippen LogP contribution in [0.1, 0.15) is 16.9 Å². The van der Waals surface area contributed by atoms with Crippen molar-refractivity contribution < 1.29 is 23.8 Å². The number of rotatable bonds is 4. The van der Waals surface area contributed by atoms with Crippen LogP contribution in [0.2, 0.25) is 0 Å². The lowest BCUT2D eigenvalue weighted by Gasteiger charge is -2.36. The lowest BCUT2D eigenvalue weighted by Crippen LogP contribution is -2.51. The van der Waals surface area contributed by atoms with Crippen molar-refractivity contribution in [3.63, 3.8) is 0 Å². The summed E-state index contributed by atoms with van der Waals surface area (Å²) < 4.78 is 24.3. The number of halogens is 1. The van der Waals surface area contributed by atoms with Crippen molar-refractivity contribution in [1.82, 2.24) is 9.88 Å². The maximum atomic E-state index is 13.4. The molecule has 2 aromatic carbocycles. The fourth-order valence-corrected chi connectivity index (χ4v) is 3.50. The number of aliphatic hydroxyl groups is 1. The Morgan fingerprint density at radius 3 is 2.72 bits per heavy atom. The minimum absolute atomic E-state index is 0.127. The smallest absolute Gasteiger partial charge is 0.272 e. The maximum absolute atomic E-state index is 13.4. The third-order valence-corrected chi connectivity index (χ3v) is 5.06. The SMILES string of the molecule is COc1cc(F)ccc1O[C@@H]1CCN(C(=O)c2cc3ccccc3cn2)C[C@H]1O. The molecular formula is C22H21FN2O4. The van der Waals surface area contributed by atoms with E-state index < -0.39 is 18.0 Å². The molecule has 0 spiro atoms. The van der Waals surface area contributed by atoms with Gasteiger partial charge in [0.05, 0.1) is 13.7 Å². The van der Waals surface area contributed by atoms with E-state index >= 15 is 0 Å². The molecule has 1 saturated heterocycles. The second kappa shape index (κ2) is 8.05. The highest BCUT2D eigenvalue weighted by molar-refractivity contribution is 5.96. The van der Waals surface area contributed by atoms with E-state index in [1.165, 1.54) is 25.3 Å². The number of pyridine rings is 1. The molecule has 4 rings (SSSR count). The van der Waals surface area contributed by atoms with Crippen LogP contribution >= 0.6 is 0 Å². The van der Waals surface area contributed by atoms with Gasteiger partial charge < -0.3 is 19.5 Å². The van der Waals surface area contributed by atoms with Crippen LogP contribution in [-0.2, 0) is 0 Å². The van der Waals surface area contributed by atoms with Crippen LogP contribution < -0.4 is 9.47 Å². The number of hydrogen-bond donors (Lipinski definition) is 1. The molecule has 2 atom stereocenters. The summed E-state index contributed by atoms with van der Waals surface area (Å²) in [5, 5.41) is 12.4. The first-order valence-corrected chi connectivity index (χ1v) is 9.37. The molecule has 6 nitrogen and oxygen atoms in total. The number of aromatic nitrogens is 1. The van der Waals surface area contributed by atoms with Gasteiger partial charge in [-0.15, -0.1) is 0 Å². The number of likely N-dealkylation sites (tertiary alicyclic amines) is 1. The Kier molecular flexibility index (Phi) is 5.31. The first kappa shape index (κ1) is 19.1. The predicted octanol–water partition coefficient (Wildman–Crippen LogP) is 3.04. The van der Waals surface area contributed by atoms with Crippen LogP contribution in [0.15, 0.2) is 54.7 Å². The average molecular weight is 396 g/mol. The van der Waals surface area contributed by atoms with E-state index in [9.17, 15) is 14.3 Å².